The summed E-state index contributed by atoms with van der Waals surface area (Å²) in [6.07, 6.45) is 8.05. The summed E-state index contributed by atoms with van der Waals surface area (Å²) >= 11 is -2.28. The van der Waals surface area contributed by atoms with Crippen molar-refractivity contribution in [3.05, 3.63) is 34.9 Å². The maximum absolute atomic E-state index is 11.1. The fourth-order valence-electron chi connectivity index (χ4n) is 2.37. The molecule has 0 aliphatic rings. The molecule has 0 radical (unpaired) electrons. The highest BCUT2D eigenvalue weighted by Crippen LogP contribution is 2.17. The van der Waals surface area contributed by atoms with Gasteiger partial charge in [-0.15, -0.1) is 0 Å². The van der Waals surface area contributed by atoms with Crippen molar-refractivity contribution >= 4 is 17.0 Å². The number of unbranched alkanes of at least 4 members (excludes halogenated alkanes) is 5. The van der Waals surface area contributed by atoms with Crippen molar-refractivity contribution in [2.24, 2.45) is 0 Å². The molecule has 4 nitrogen and oxygen atoms in total. The van der Waals surface area contributed by atoms with Gasteiger partial charge in [0.25, 0.3) is 0 Å². The Morgan fingerprint density at radius 1 is 1.19 bits per heavy atom. The average Bonchev–Trinajstić information content (AvgIpc) is 2.42. The van der Waals surface area contributed by atoms with Crippen LogP contribution in [0.4, 0.5) is 0 Å². The lowest BCUT2D eigenvalue weighted by Crippen LogP contribution is -2.06. The molecule has 0 saturated heterocycles. The van der Waals surface area contributed by atoms with Gasteiger partial charge in [0.15, 0.2) is 0 Å². The molecule has 1 aromatic carbocycles. The van der Waals surface area contributed by atoms with Gasteiger partial charge in [-0.2, -0.15) is 0 Å². The molecule has 0 aliphatic heterocycles. The number of carbonyl (C=O) groups is 1. The Hall–Kier alpha value is -1.20. The number of hydrogen-bond acceptors (Lipinski definition) is 3. The first-order chi connectivity index (χ1) is 10.0. The van der Waals surface area contributed by atoms with E-state index in [0.717, 1.165) is 24.8 Å². The van der Waals surface area contributed by atoms with Gasteiger partial charge in [0, 0.05) is 5.75 Å². The summed E-state index contributed by atoms with van der Waals surface area (Å²) in [5.41, 5.74) is 1.46. The SMILES string of the molecule is CCCCCCCCc1ccc(C(=O)O)c(CS(=O)[O-])c1. The van der Waals surface area contributed by atoms with E-state index in [2.05, 4.69) is 6.92 Å². The Kier molecular flexibility index (Phi) is 8.23. The van der Waals surface area contributed by atoms with Crippen LogP contribution in [0, 0.1) is 0 Å². The molecule has 1 unspecified atom stereocenters. The van der Waals surface area contributed by atoms with E-state index in [1.807, 2.05) is 0 Å². The number of hydrogen-bond donors (Lipinski definition) is 1. The van der Waals surface area contributed by atoms with E-state index < -0.39 is 17.0 Å². The van der Waals surface area contributed by atoms with Crippen molar-refractivity contribution in [3.63, 3.8) is 0 Å². The minimum Gasteiger partial charge on any atom is -0.772 e. The molecule has 0 amide bonds. The van der Waals surface area contributed by atoms with Gasteiger partial charge in [-0.25, -0.2) is 4.79 Å². The zero-order chi connectivity index (χ0) is 15.7. The highest BCUT2D eigenvalue weighted by Gasteiger charge is 2.10. The molecule has 1 N–H and O–H groups in total. The van der Waals surface area contributed by atoms with Gasteiger partial charge >= 0.3 is 5.97 Å². The molecule has 5 heteroatoms. The molecular weight excluding hydrogens is 288 g/mol. The van der Waals surface area contributed by atoms with Gasteiger partial charge in [0.05, 0.1) is 5.56 Å². The number of carboxylic acids is 1. The summed E-state index contributed by atoms with van der Waals surface area (Å²) in [4.78, 5) is 11.1. The van der Waals surface area contributed by atoms with Crippen LogP contribution in [-0.4, -0.2) is 19.8 Å². The van der Waals surface area contributed by atoms with Crippen LogP contribution in [0.5, 0.6) is 0 Å². The summed E-state index contributed by atoms with van der Waals surface area (Å²) in [7, 11) is 0. The molecule has 0 aliphatic carbocycles. The minimum absolute atomic E-state index is 0.0749. The average molecular weight is 311 g/mol. The van der Waals surface area contributed by atoms with Crippen molar-refractivity contribution in [1.82, 2.24) is 0 Å². The van der Waals surface area contributed by atoms with Crippen LogP contribution in [0.3, 0.4) is 0 Å². The smallest absolute Gasteiger partial charge is 0.335 e. The molecule has 1 rings (SSSR count). The second-order valence-corrected chi connectivity index (χ2v) is 6.16. The number of aromatic carboxylic acids is 1. The van der Waals surface area contributed by atoms with Crippen LogP contribution >= 0.6 is 0 Å². The molecule has 0 aromatic heterocycles. The molecule has 0 bridgehead atoms. The fraction of sp³-hybridized carbons (Fsp3) is 0.562. The van der Waals surface area contributed by atoms with Crippen molar-refractivity contribution < 1.29 is 18.7 Å². The molecule has 0 heterocycles. The Labute approximate surface area is 128 Å². The van der Waals surface area contributed by atoms with E-state index in [-0.39, 0.29) is 11.3 Å². The van der Waals surface area contributed by atoms with E-state index >= 15 is 0 Å². The molecule has 1 aromatic rings. The Bertz CT molecular complexity index is 485. The summed E-state index contributed by atoms with van der Waals surface area (Å²) in [6.45, 7) is 2.19. The molecule has 0 saturated carbocycles. The van der Waals surface area contributed by atoms with Gasteiger partial charge < -0.3 is 9.66 Å². The van der Waals surface area contributed by atoms with E-state index in [0.29, 0.717) is 5.56 Å². The van der Waals surface area contributed by atoms with Crippen molar-refractivity contribution in [3.8, 4) is 0 Å². The van der Waals surface area contributed by atoms with E-state index in [9.17, 15) is 13.6 Å². The first-order valence-corrected chi connectivity index (χ1v) is 8.70. The van der Waals surface area contributed by atoms with Gasteiger partial charge in [-0.3, -0.25) is 4.21 Å². The fourth-order valence-corrected chi connectivity index (χ4v) is 2.86. The summed E-state index contributed by atoms with van der Waals surface area (Å²) < 4.78 is 21.6. The van der Waals surface area contributed by atoms with Crippen LogP contribution < -0.4 is 0 Å². The first-order valence-electron chi connectivity index (χ1n) is 7.45. The third kappa shape index (κ3) is 6.87. The van der Waals surface area contributed by atoms with E-state index in [1.165, 1.54) is 31.7 Å². The molecule has 21 heavy (non-hydrogen) atoms. The summed E-state index contributed by atoms with van der Waals surface area (Å²) in [5.74, 6) is -1.33. The zero-order valence-electron chi connectivity index (χ0n) is 12.5. The predicted octanol–water partition coefficient (Wildman–Crippen LogP) is 3.67. The van der Waals surface area contributed by atoms with E-state index in [4.69, 9.17) is 5.11 Å². The van der Waals surface area contributed by atoms with Crippen LogP contribution in [0.25, 0.3) is 0 Å². The summed E-state index contributed by atoms with van der Waals surface area (Å²) in [6, 6.07) is 5.01. The second kappa shape index (κ2) is 9.68. The third-order valence-electron chi connectivity index (χ3n) is 3.49. The normalized spacial score (nSPS) is 12.3. The minimum atomic E-state index is -2.28. The van der Waals surface area contributed by atoms with Gasteiger partial charge in [-0.1, -0.05) is 62.2 Å². The second-order valence-electron chi connectivity index (χ2n) is 5.26. The molecule has 118 valence electrons. The Morgan fingerprint density at radius 3 is 2.48 bits per heavy atom. The number of aryl methyl sites for hydroxylation is 1. The maximum atomic E-state index is 11.1. The van der Waals surface area contributed by atoms with Crippen LogP contribution in [0.2, 0.25) is 0 Å². The third-order valence-corrected chi connectivity index (χ3v) is 4.04. The quantitative estimate of drug-likeness (QED) is 0.528. The van der Waals surface area contributed by atoms with Crippen LogP contribution in [-0.2, 0) is 23.3 Å². The van der Waals surface area contributed by atoms with Crippen molar-refractivity contribution in [2.45, 2.75) is 57.6 Å². The molecule has 0 fully saturated rings. The van der Waals surface area contributed by atoms with Gasteiger partial charge in [0.2, 0.25) is 0 Å². The predicted molar refractivity (Wildman–Crippen MR) is 83.1 cm³/mol. The lowest BCUT2D eigenvalue weighted by Gasteiger charge is -2.11. The number of carboxylic acid groups (broad SMARTS) is 1. The molecule has 1 atom stereocenters. The first kappa shape index (κ1) is 17.9. The largest absolute Gasteiger partial charge is 0.772 e. The Morgan fingerprint density at radius 2 is 1.86 bits per heavy atom. The highest BCUT2D eigenvalue weighted by atomic mass is 32.2. The topological polar surface area (TPSA) is 77.4 Å². The monoisotopic (exact) mass is 311 g/mol. The van der Waals surface area contributed by atoms with Crippen molar-refractivity contribution in [2.75, 3.05) is 0 Å². The number of rotatable bonds is 10. The molecular formula is C16H23O4S-. The van der Waals surface area contributed by atoms with Gasteiger partial charge in [0.1, 0.15) is 0 Å². The summed E-state index contributed by atoms with van der Waals surface area (Å²) in [5, 5.41) is 9.06. The lowest BCUT2D eigenvalue weighted by atomic mass is 10.0. The van der Waals surface area contributed by atoms with Crippen LogP contribution in [0.15, 0.2) is 18.2 Å². The van der Waals surface area contributed by atoms with Crippen molar-refractivity contribution in [1.29, 1.82) is 0 Å². The molecule has 0 spiro atoms. The maximum Gasteiger partial charge on any atom is 0.335 e. The lowest BCUT2D eigenvalue weighted by molar-refractivity contribution is 0.0696. The zero-order valence-corrected chi connectivity index (χ0v) is 13.3. The van der Waals surface area contributed by atoms with E-state index in [1.54, 1.807) is 12.1 Å². The number of benzene rings is 1. The van der Waals surface area contributed by atoms with Crippen LogP contribution in [0.1, 0.15) is 66.9 Å². The van der Waals surface area contributed by atoms with Gasteiger partial charge in [-0.05, 0) is 30.0 Å². The Balaban J connectivity index is 2.59. The standard InChI is InChI=1S/C16H24O4S/c1-2-3-4-5-6-7-8-13-9-10-15(16(17)18)14(11-13)12-21(19)20/h9-11H,2-8,12H2,1H3,(H,17,18)(H,19,20)/p-1. The highest BCUT2D eigenvalue weighted by molar-refractivity contribution is 7.78.